The Morgan fingerprint density at radius 2 is 2.23 bits per heavy atom. The number of phenolic OH excluding ortho intramolecular Hbond substituents is 1. The lowest BCUT2D eigenvalue weighted by Gasteiger charge is -2.61. The van der Waals surface area contributed by atoms with Crippen LogP contribution in [0.15, 0.2) is 12.1 Å². The van der Waals surface area contributed by atoms with Crippen molar-refractivity contribution in [3.63, 3.8) is 0 Å². The van der Waals surface area contributed by atoms with E-state index in [0.717, 1.165) is 11.1 Å². The van der Waals surface area contributed by atoms with Gasteiger partial charge >= 0.3 is 6.09 Å². The Balaban J connectivity index is 1.75. The van der Waals surface area contributed by atoms with E-state index in [1.165, 1.54) is 11.0 Å². The van der Waals surface area contributed by atoms with Gasteiger partial charge in [0.2, 0.25) is 0 Å². The van der Waals surface area contributed by atoms with Crippen LogP contribution in [-0.4, -0.2) is 51.3 Å². The molecule has 1 aromatic rings. The minimum atomic E-state index is -1.34. The normalized spacial score (nSPS) is 36.0. The van der Waals surface area contributed by atoms with Crippen LogP contribution < -0.4 is 4.74 Å². The first-order valence-electron chi connectivity index (χ1n) is 8.64. The number of likely N-dealkylation sites (tertiary alicyclic amines) is 1. The van der Waals surface area contributed by atoms with Gasteiger partial charge in [-0.2, -0.15) is 0 Å². The molecular formula is C19H17NO6. The first-order chi connectivity index (χ1) is 12.4. The van der Waals surface area contributed by atoms with Crippen LogP contribution in [0.5, 0.6) is 11.5 Å². The monoisotopic (exact) mass is 355 g/mol. The molecule has 0 radical (unpaired) electrons. The molecular weight excluding hydrogens is 338 g/mol. The molecule has 2 aliphatic carbocycles. The quantitative estimate of drug-likeness (QED) is 0.670. The molecule has 2 fully saturated rings. The fourth-order valence-electron chi connectivity index (χ4n) is 5.65. The van der Waals surface area contributed by atoms with Gasteiger partial charge in [-0.05, 0) is 30.9 Å². The smallest absolute Gasteiger partial charge is 0.424 e. The van der Waals surface area contributed by atoms with Gasteiger partial charge in [0.05, 0.1) is 17.1 Å². The minimum absolute atomic E-state index is 0.0321. The number of carbonyl (C=O) groups is 2. The van der Waals surface area contributed by atoms with Gasteiger partial charge in [0.15, 0.2) is 23.4 Å². The Labute approximate surface area is 149 Å². The minimum Gasteiger partial charge on any atom is -0.504 e. The first kappa shape index (κ1) is 15.5. The molecule has 2 aliphatic heterocycles. The fourth-order valence-corrected chi connectivity index (χ4v) is 5.65. The number of amides is 1. The molecule has 1 spiro atoms. The molecule has 2 heterocycles. The highest BCUT2D eigenvalue weighted by Crippen LogP contribution is 2.64. The van der Waals surface area contributed by atoms with E-state index in [0.29, 0.717) is 18.6 Å². The number of hydrogen-bond acceptors (Lipinski definition) is 6. The van der Waals surface area contributed by atoms with Crippen LogP contribution in [0.25, 0.3) is 0 Å². The first-order valence-corrected chi connectivity index (χ1v) is 8.64. The van der Waals surface area contributed by atoms with Crippen molar-refractivity contribution in [1.29, 1.82) is 0 Å². The Morgan fingerprint density at radius 3 is 3.00 bits per heavy atom. The number of aromatic hydroxyl groups is 1. The van der Waals surface area contributed by atoms with Gasteiger partial charge in [0, 0.05) is 18.5 Å². The molecule has 0 aromatic heterocycles. The zero-order valence-corrected chi connectivity index (χ0v) is 13.9. The van der Waals surface area contributed by atoms with Crippen molar-refractivity contribution in [1.82, 2.24) is 4.90 Å². The van der Waals surface area contributed by atoms with E-state index in [-0.39, 0.29) is 30.9 Å². The number of carbonyl (C=O) groups excluding carboxylic acids is 2. The van der Waals surface area contributed by atoms with Crippen molar-refractivity contribution in [3.8, 4) is 24.0 Å². The lowest BCUT2D eigenvalue weighted by Crippen LogP contribution is -2.77. The van der Waals surface area contributed by atoms with Crippen molar-refractivity contribution in [3.05, 3.63) is 23.3 Å². The molecule has 1 amide bonds. The molecule has 1 saturated heterocycles. The third kappa shape index (κ3) is 1.50. The second-order valence-corrected chi connectivity index (χ2v) is 7.46. The Hall–Kier alpha value is -2.72. The standard InChI is InChI=1S/C19H17NO6/c1-2-25-17(23)20-8-7-18-14-10-3-4-11(21)15(14)26-16(18)12(22)5-6-19(18,24)13(20)9-10/h1,3-4,13,16,21,24H,5-9H2/t13?,16-,18-,19+/m0/s1. The number of hydrogen-bond donors (Lipinski definition) is 2. The molecule has 2 N–H and O–H groups in total. The van der Waals surface area contributed by atoms with Gasteiger partial charge in [-0.3, -0.25) is 4.79 Å². The summed E-state index contributed by atoms with van der Waals surface area (Å²) in [6.45, 7) is 0.287. The van der Waals surface area contributed by atoms with Gasteiger partial charge in [0.1, 0.15) is 6.11 Å². The summed E-state index contributed by atoms with van der Waals surface area (Å²) in [4.78, 5) is 26.5. The average Bonchev–Trinajstić information content (AvgIpc) is 2.96. The van der Waals surface area contributed by atoms with Crippen LogP contribution in [0.1, 0.15) is 30.4 Å². The zero-order valence-electron chi connectivity index (χ0n) is 13.9. The second-order valence-electron chi connectivity index (χ2n) is 7.46. The summed E-state index contributed by atoms with van der Waals surface area (Å²) in [6.07, 6.45) is 6.56. The summed E-state index contributed by atoms with van der Waals surface area (Å²) >= 11 is 0. The fraction of sp³-hybridized carbons (Fsp3) is 0.474. The Morgan fingerprint density at radius 1 is 1.42 bits per heavy atom. The number of nitrogens with zero attached hydrogens (tertiary/aromatic N) is 1. The number of ketones is 1. The number of terminal acetylenes is 1. The summed E-state index contributed by atoms with van der Waals surface area (Å²) < 4.78 is 10.6. The van der Waals surface area contributed by atoms with Crippen molar-refractivity contribution in [2.75, 3.05) is 6.54 Å². The zero-order chi connectivity index (χ0) is 18.3. The summed E-state index contributed by atoms with van der Waals surface area (Å²) in [6, 6.07) is 2.72. The number of piperidine rings is 1. The third-order valence-corrected chi connectivity index (χ3v) is 6.64. The van der Waals surface area contributed by atoms with Gasteiger partial charge in [-0.15, -0.1) is 0 Å². The lowest BCUT2D eigenvalue weighted by molar-refractivity contribution is -0.183. The topological polar surface area (TPSA) is 96.3 Å². The molecule has 2 bridgehead atoms. The van der Waals surface area contributed by atoms with E-state index in [9.17, 15) is 19.8 Å². The predicted molar refractivity (Wildman–Crippen MR) is 87.5 cm³/mol. The maximum Gasteiger partial charge on any atom is 0.424 e. The molecule has 4 atom stereocenters. The number of ether oxygens (including phenoxy) is 2. The van der Waals surface area contributed by atoms with Crippen LogP contribution in [0.4, 0.5) is 4.79 Å². The molecule has 4 aliphatic rings. The number of aliphatic hydroxyl groups is 1. The summed E-state index contributed by atoms with van der Waals surface area (Å²) in [7, 11) is 0. The van der Waals surface area contributed by atoms with Crippen LogP contribution >= 0.6 is 0 Å². The molecule has 1 aromatic carbocycles. The van der Waals surface area contributed by atoms with Gasteiger partial charge in [-0.1, -0.05) is 12.5 Å². The molecule has 1 saturated carbocycles. The van der Waals surface area contributed by atoms with E-state index >= 15 is 0 Å². The molecule has 26 heavy (non-hydrogen) atoms. The van der Waals surface area contributed by atoms with Crippen molar-refractivity contribution in [2.24, 2.45) is 0 Å². The van der Waals surface area contributed by atoms with E-state index < -0.39 is 29.3 Å². The van der Waals surface area contributed by atoms with E-state index in [2.05, 4.69) is 0 Å². The Bertz CT molecular complexity index is 904. The van der Waals surface area contributed by atoms with Crippen LogP contribution in [0.3, 0.4) is 0 Å². The van der Waals surface area contributed by atoms with Crippen LogP contribution in [0.2, 0.25) is 0 Å². The maximum absolute atomic E-state index is 12.6. The van der Waals surface area contributed by atoms with Crippen molar-refractivity contribution in [2.45, 2.75) is 48.8 Å². The SMILES string of the molecule is C#COC(=O)N1CC[C@]23c4c5ccc(O)c4O[C@H]2C(=O)CC[C@@]3(O)C1C5. The third-order valence-electron chi connectivity index (χ3n) is 6.64. The van der Waals surface area contributed by atoms with E-state index in [1.807, 2.05) is 6.11 Å². The lowest BCUT2D eigenvalue weighted by atomic mass is 9.49. The van der Waals surface area contributed by atoms with Crippen LogP contribution in [-0.2, 0) is 21.4 Å². The molecule has 5 rings (SSSR count). The van der Waals surface area contributed by atoms with E-state index in [1.54, 1.807) is 6.07 Å². The Kier molecular flexibility index (Phi) is 2.81. The maximum atomic E-state index is 12.6. The highest BCUT2D eigenvalue weighted by molar-refractivity contribution is 5.90. The highest BCUT2D eigenvalue weighted by Gasteiger charge is 2.73. The number of rotatable bonds is 0. The number of Topliss-reactive ketones (excluding diaryl/α,β-unsaturated/α-hetero) is 1. The van der Waals surface area contributed by atoms with Gasteiger partial charge < -0.3 is 24.6 Å². The van der Waals surface area contributed by atoms with Crippen molar-refractivity contribution < 1.29 is 29.3 Å². The predicted octanol–water partition coefficient (Wildman–Crippen LogP) is 0.843. The molecule has 7 nitrogen and oxygen atoms in total. The second kappa shape index (κ2) is 4.71. The van der Waals surface area contributed by atoms with E-state index in [4.69, 9.17) is 15.9 Å². The van der Waals surface area contributed by atoms with Gasteiger partial charge in [0.25, 0.3) is 0 Å². The summed E-state index contributed by atoms with van der Waals surface area (Å²) in [5.41, 5.74) is -0.715. The molecule has 134 valence electrons. The number of phenols is 1. The van der Waals surface area contributed by atoms with Crippen LogP contribution in [0, 0.1) is 12.5 Å². The molecule has 1 unspecified atom stereocenters. The summed E-state index contributed by atoms with van der Waals surface area (Å²) in [5, 5.41) is 22.1. The summed E-state index contributed by atoms with van der Waals surface area (Å²) in [5.74, 6) is 0.172. The van der Waals surface area contributed by atoms with Crippen molar-refractivity contribution >= 4 is 11.9 Å². The number of benzene rings is 1. The van der Waals surface area contributed by atoms with Gasteiger partial charge in [-0.25, -0.2) is 4.79 Å². The average molecular weight is 355 g/mol. The largest absolute Gasteiger partial charge is 0.504 e. The molecule has 7 heteroatoms. The highest BCUT2D eigenvalue weighted by atomic mass is 16.5.